The van der Waals surface area contributed by atoms with E-state index in [1.165, 1.54) is 4.90 Å². The van der Waals surface area contributed by atoms with Crippen molar-refractivity contribution in [3.05, 3.63) is 87.9 Å². The first kappa shape index (κ1) is 25.1. The largest absolute Gasteiger partial charge is 0.382 e. The first-order valence-corrected chi connectivity index (χ1v) is 11.8. The molecule has 0 aliphatic carbocycles. The molecule has 1 aliphatic rings. The summed E-state index contributed by atoms with van der Waals surface area (Å²) in [6, 6.07) is 19.6. The number of nitrogens with zero attached hydrogens (tertiary/aromatic N) is 2. The molecular weight excluding hydrogens is 511 g/mol. The summed E-state index contributed by atoms with van der Waals surface area (Å²) in [6.07, 6.45) is -0.806. The van der Waals surface area contributed by atoms with Crippen LogP contribution in [0.1, 0.15) is 6.92 Å². The quantitative estimate of drug-likeness (QED) is 0.373. The maximum Gasteiger partial charge on any atom is 0.331 e. The molecule has 2 atom stereocenters. The van der Waals surface area contributed by atoms with E-state index in [0.29, 0.717) is 32.1 Å². The number of carbonyl (C=O) groups excluding carboxylic acids is 2. The van der Waals surface area contributed by atoms with Crippen molar-refractivity contribution in [1.82, 2.24) is 5.32 Å². The van der Waals surface area contributed by atoms with Crippen LogP contribution in [0.15, 0.2) is 72.8 Å². The molecule has 35 heavy (non-hydrogen) atoms. The van der Waals surface area contributed by atoms with Gasteiger partial charge >= 0.3 is 12.1 Å². The van der Waals surface area contributed by atoms with E-state index in [0.717, 1.165) is 0 Å². The van der Waals surface area contributed by atoms with Gasteiger partial charge in [-0.3, -0.25) is 9.80 Å². The minimum Gasteiger partial charge on any atom is -0.382 e. The fraction of sp³-hybridized carbons (Fsp3) is 0.200. The Kier molecular flexibility index (Phi) is 7.42. The first-order chi connectivity index (χ1) is 16.7. The highest BCUT2D eigenvalue weighted by atomic mass is 35.5. The third-order valence-electron chi connectivity index (χ3n) is 5.75. The van der Waals surface area contributed by atoms with Gasteiger partial charge in [0.05, 0.1) is 6.61 Å². The molecule has 0 radical (unpaired) electrons. The lowest BCUT2D eigenvalue weighted by atomic mass is 9.97. The maximum atomic E-state index is 13.9. The molecule has 1 heterocycles. The smallest absolute Gasteiger partial charge is 0.331 e. The van der Waals surface area contributed by atoms with Crippen LogP contribution < -0.4 is 20.4 Å². The number of carbonyl (C=O) groups is 2. The van der Waals surface area contributed by atoms with Crippen LogP contribution >= 0.6 is 34.8 Å². The Labute approximate surface area is 218 Å². The van der Waals surface area contributed by atoms with Crippen molar-refractivity contribution >= 4 is 63.9 Å². The van der Waals surface area contributed by atoms with Crippen molar-refractivity contribution in [3.63, 3.8) is 0 Å². The van der Waals surface area contributed by atoms with E-state index in [2.05, 4.69) is 10.6 Å². The maximum absolute atomic E-state index is 13.9. The number of amides is 4. The first-order valence-electron chi connectivity index (χ1n) is 10.7. The van der Waals surface area contributed by atoms with Crippen LogP contribution in [0, 0.1) is 0 Å². The number of rotatable bonds is 6. The van der Waals surface area contributed by atoms with Gasteiger partial charge in [0, 0.05) is 39.2 Å². The van der Waals surface area contributed by atoms with Crippen LogP contribution in [0.5, 0.6) is 0 Å². The molecular formula is C25H23Cl3N4O3. The van der Waals surface area contributed by atoms with Gasteiger partial charge in [0.2, 0.25) is 0 Å². The molecule has 0 saturated carbocycles. The number of benzene rings is 3. The monoisotopic (exact) mass is 532 g/mol. The van der Waals surface area contributed by atoms with Gasteiger partial charge in [-0.2, -0.15) is 0 Å². The van der Waals surface area contributed by atoms with E-state index >= 15 is 0 Å². The molecule has 1 saturated heterocycles. The highest BCUT2D eigenvalue weighted by molar-refractivity contribution is 6.31. The summed E-state index contributed by atoms with van der Waals surface area (Å²) in [5, 5.41) is 7.38. The van der Waals surface area contributed by atoms with Crippen LogP contribution in [-0.4, -0.2) is 37.5 Å². The van der Waals surface area contributed by atoms with Gasteiger partial charge in [0.1, 0.15) is 11.7 Å². The molecule has 182 valence electrons. The highest BCUT2D eigenvalue weighted by Gasteiger charge is 2.56. The molecule has 0 spiro atoms. The number of ether oxygens (including phenoxy) is 1. The van der Waals surface area contributed by atoms with E-state index in [1.807, 2.05) is 6.92 Å². The number of methoxy groups -OCH3 is 1. The Hall–Kier alpha value is -2.97. The van der Waals surface area contributed by atoms with Gasteiger partial charge in [0.15, 0.2) is 0 Å². The number of urea groups is 2. The summed E-state index contributed by atoms with van der Waals surface area (Å²) < 4.78 is 5.55. The van der Waals surface area contributed by atoms with Crippen LogP contribution in [0.3, 0.4) is 0 Å². The second-order valence-electron chi connectivity index (χ2n) is 8.24. The molecule has 4 amide bonds. The lowest BCUT2D eigenvalue weighted by Gasteiger charge is -2.38. The summed E-state index contributed by atoms with van der Waals surface area (Å²) in [6.45, 7) is 1.99. The topological polar surface area (TPSA) is 73.9 Å². The van der Waals surface area contributed by atoms with E-state index < -0.39 is 17.7 Å². The predicted molar refractivity (Wildman–Crippen MR) is 141 cm³/mol. The van der Waals surface area contributed by atoms with Crippen molar-refractivity contribution in [2.75, 3.05) is 28.8 Å². The van der Waals surface area contributed by atoms with Gasteiger partial charge in [-0.05, 0) is 79.7 Å². The van der Waals surface area contributed by atoms with E-state index in [4.69, 9.17) is 39.5 Å². The number of anilines is 3. The fourth-order valence-electron chi connectivity index (χ4n) is 4.17. The second-order valence-corrected chi connectivity index (χ2v) is 9.55. The van der Waals surface area contributed by atoms with Crippen molar-refractivity contribution in [3.8, 4) is 0 Å². The third kappa shape index (κ3) is 5.18. The Balaban J connectivity index is 1.75. The molecule has 10 heteroatoms. The van der Waals surface area contributed by atoms with Crippen molar-refractivity contribution < 1.29 is 14.3 Å². The van der Waals surface area contributed by atoms with Crippen LogP contribution in [0.2, 0.25) is 15.1 Å². The summed E-state index contributed by atoms with van der Waals surface area (Å²) in [5.41, 5.74) is 0.740. The van der Waals surface area contributed by atoms with E-state index in [1.54, 1.807) is 84.8 Å². The van der Waals surface area contributed by atoms with Gasteiger partial charge in [0.25, 0.3) is 0 Å². The third-order valence-corrected chi connectivity index (χ3v) is 6.51. The fourth-order valence-corrected chi connectivity index (χ4v) is 4.55. The summed E-state index contributed by atoms with van der Waals surface area (Å²) in [7, 11) is 1.55. The van der Waals surface area contributed by atoms with Crippen molar-refractivity contribution in [1.29, 1.82) is 0 Å². The lowest BCUT2D eigenvalue weighted by molar-refractivity contribution is 0.129. The molecule has 1 fully saturated rings. The molecule has 7 nitrogen and oxygen atoms in total. The van der Waals surface area contributed by atoms with Gasteiger partial charge in [-0.15, -0.1) is 0 Å². The average Bonchev–Trinajstić information content (AvgIpc) is 3.03. The normalized spacial score (nSPS) is 19.7. The molecule has 0 bridgehead atoms. The SMILES string of the molecule is COCC1(C)C(NC(=O)Nc2ccc(Cl)cc2)N(c2ccc(Cl)cc2)C(=O)N1c1ccc(Cl)cc1. The Morgan fingerprint density at radius 1 is 0.886 bits per heavy atom. The Bertz CT molecular complexity index is 1210. The molecule has 3 aromatic carbocycles. The minimum atomic E-state index is -0.989. The molecule has 0 aromatic heterocycles. The standard InChI is InChI=1S/C25H23Cl3N4O3/c1-25(15-35-2)22(30-23(33)29-19-9-3-16(26)4-10-19)31(20-11-5-17(27)6-12-20)24(34)32(25)21-13-7-18(28)8-14-21/h3-14,22H,15H2,1-2H3,(H2,29,30,33). The number of nitrogens with one attached hydrogen (secondary N) is 2. The summed E-state index contributed by atoms with van der Waals surface area (Å²) >= 11 is 18.1. The predicted octanol–water partition coefficient (Wildman–Crippen LogP) is 6.65. The molecule has 1 aliphatic heterocycles. The zero-order valence-electron chi connectivity index (χ0n) is 19.0. The van der Waals surface area contributed by atoms with Gasteiger partial charge in [-0.1, -0.05) is 34.8 Å². The van der Waals surface area contributed by atoms with Gasteiger partial charge in [-0.25, -0.2) is 9.59 Å². The molecule has 2 unspecified atom stereocenters. The minimum absolute atomic E-state index is 0.136. The lowest BCUT2D eigenvalue weighted by Crippen LogP contribution is -2.61. The van der Waals surface area contributed by atoms with E-state index in [9.17, 15) is 9.59 Å². The zero-order valence-corrected chi connectivity index (χ0v) is 21.2. The van der Waals surface area contributed by atoms with Gasteiger partial charge < -0.3 is 15.4 Å². The van der Waals surface area contributed by atoms with Crippen molar-refractivity contribution in [2.24, 2.45) is 0 Å². The van der Waals surface area contributed by atoms with E-state index in [-0.39, 0.29) is 12.6 Å². The van der Waals surface area contributed by atoms with Crippen LogP contribution in [-0.2, 0) is 4.74 Å². The number of halogens is 3. The highest BCUT2D eigenvalue weighted by Crippen LogP contribution is 2.40. The van der Waals surface area contributed by atoms with Crippen LogP contribution in [0.4, 0.5) is 26.7 Å². The van der Waals surface area contributed by atoms with Crippen molar-refractivity contribution in [2.45, 2.75) is 18.6 Å². The Morgan fingerprint density at radius 2 is 1.37 bits per heavy atom. The summed E-state index contributed by atoms with van der Waals surface area (Å²) in [5.74, 6) is 0. The van der Waals surface area contributed by atoms with Crippen LogP contribution in [0.25, 0.3) is 0 Å². The Morgan fingerprint density at radius 3 is 1.89 bits per heavy atom. The summed E-state index contributed by atoms with van der Waals surface area (Å²) in [4.78, 5) is 30.1. The molecule has 2 N–H and O–H groups in total. The average molecular weight is 534 g/mol. The molecule has 4 rings (SSSR count). The second kappa shape index (κ2) is 10.3. The number of hydrogen-bond acceptors (Lipinski definition) is 3. The number of hydrogen-bond donors (Lipinski definition) is 2. The zero-order chi connectivity index (χ0) is 25.2. The molecule has 3 aromatic rings.